The summed E-state index contributed by atoms with van der Waals surface area (Å²) in [7, 11) is 3.23. The predicted molar refractivity (Wildman–Crippen MR) is 73.0 cm³/mol. The summed E-state index contributed by atoms with van der Waals surface area (Å²) < 4.78 is 10.5. The quantitative estimate of drug-likeness (QED) is 0.840. The van der Waals surface area contributed by atoms with E-state index in [1.54, 1.807) is 14.2 Å². The molecule has 96 valence electrons. The van der Waals surface area contributed by atoms with Crippen LogP contribution in [-0.2, 0) is 4.79 Å². The third-order valence-electron chi connectivity index (χ3n) is 2.76. The first-order valence-corrected chi connectivity index (χ1v) is 6.60. The molecule has 0 bridgehead atoms. The van der Waals surface area contributed by atoms with Crippen molar-refractivity contribution in [3.63, 3.8) is 0 Å². The highest BCUT2D eigenvalue weighted by Gasteiger charge is 2.22. The molecule has 0 radical (unpaired) electrons. The van der Waals surface area contributed by atoms with Crippen LogP contribution >= 0.6 is 11.8 Å². The van der Waals surface area contributed by atoms with E-state index in [0.29, 0.717) is 5.75 Å². The van der Waals surface area contributed by atoms with Crippen LogP contribution in [-0.4, -0.2) is 36.8 Å². The first kappa shape index (κ1) is 13.0. The van der Waals surface area contributed by atoms with E-state index >= 15 is 0 Å². The van der Waals surface area contributed by atoms with Crippen LogP contribution in [0.1, 0.15) is 12.5 Å². The van der Waals surface area contributed by atoms with Crippen molar-refractivity contribution >= 4 is 22.6 Å². The monoisotopic (exact) mass is 265 g/mol. The normalized spacial score (nSPS) is 19.4. The molecule has 18 heavy (non-hydrogen) atoms. The smallest absolute Gasteiger partial charge is 0.213 e. The molecule has 1 heterocycles. The molecule has 0 amide bonds. The second-order valence-electron chi connectivity index (χ2n) is 3.93. The second kappa shape index (κ2) is 5.44. The molecule has 0 saturated carbocycles. The third kappa shape index (κ3) is 2.51. The number of nitrogens with zero attached hydrogens (tertiary/aromatic N) is 1. The van der Waals surface area contributed by atoms with E-state index in [-0.39, 0.29) is 11.2 Å². The van der Waals surface area contributed by atoms with Gasteiger partial charge in [-0.2, -0.15) is 0 Å². The molecule has 1 atom stereocenters. The Bertz CT molecular complexity index is 499. The molecule has 0 fully saturated rings. The van der Waals surface area contributed by atoms with Gasteiger partial charge in [0.25, 0.3) is 0 Å². The summed E-state index contributed by atoms with van der Waals surface area (Å²) in [6, 6.07) is 5.32. The van der Waals surface area contributed by atoms with Gasteiger partial charge in [0.1, 0.15) is 17.5 Å². The molecule has 1 unspecified atom stereocenters. The number of hydrogen-bond donors (Lipinski definition) is 0. The van der Waals surface area contributed by atoms with Crippen molar-refractivity contribution in [3.8, 4) is 11.5 Å². The molecule has 1 aromatic rings. The van der Waals surface area contributed by atoms with E-state index in [1.807, 2.05) is 25.1 Å². The Labute approximate surface area is 110 Å². The zero-order valence-corrected chi connectivity index (χ0v) is 11.4. The highest BCUT2D eigenvalue weighted by molar-refractivity contribution is 8.14. The molecule has 0 aliphatic carbocycles. The predicted octanol–water partition coefficient (Wildman–Crippen LogP) is 2.15. The maximum atomic E-state index is 11.4. The molecule has 4 nitrogen and oxygen atoms in total. The molecule has 5 heteroatoms. The van der Waals surface area contributed by atoms with Crippen LogP contribution in [0.25, 0.3) is 0 Å². The lowest BCUT2D eigenvalue weighted by atomic mass is 10.1. The molecule has 0 N–H and O–H groups in total. The number of rotatable bonds is 3. The van der Waals surface area contributed by atoms with Gasteiger partial charge in [0.2, 0.25) is 5.12 Å². The Morgan fingerprint density at radius 3 is 2.72 bits per heavy atom. The summed E-state index contributed by atoms with van der Waals surface area (Å²) in [5.74, 6) is 2.05. The van der Waals surface area contributed by atoms with Crippen LogP contribution in [0.2, 0.25) is 0 Å². The number of benzene rings is 1. The van der Waals surface area contributed by atoms with E-state index in [4.69, 9.17) is 9.47 Å². The Kier molecular flexibility index (Phi) is 3.91. The zero-order chi connectivity index (χ0) is 13.1. The largest absolute Gasteiger partial charge is 0.497 e. The van der Waals surface area contributed by atoms with Gasteiger partial charge in [-0.15, -0.1) is 0 Å². The molecule has 1 aliphatic rings. The Morgan fingerprint density at radius 1 is 1.33 bits per heavy atom. The van der Waals surface area contributed by atoms with Crippen LogP contribution in [0.3, 0.4) is 0 Å². The fourth-order valence-corrected chi connectivity index (χ4v) is 2.57. The van der Waals surface area contributed by atoms with Crippen LogP contribution in [0.4, 0.5) is 0 Å². The molecule has 1 aliphatic heterocycles. The van der Waals surface area contributed by atoms with Gasteiger partial charge in [0.05, 0.1) is 19.9 Å². The number of carbonyl (C=O) groups excluding carboxylic acids is 1. The van der Waals surface area contributed by atoms with Crippen molar-refractivity contribution in [2.75, 3.05) is 20.0 Å². The number of thioether (sulfide) groups is 1. The summed E-state index contributed by atoms with van der Waals surface area (Å²) in [4.78, 5) is 15.9. The molecule has 0 spiro atoms. The Balaban J connectivity index is 2.39. The van der Waals surface area contributed by atoms with Gasteiger partial charge in [0.15, 0.2) is 0 Å². The van der Waals surface area contributed by atoms with Gasteiger partial charge in [-0.25, -0.2) is 0 Å². The highest BCUT2D eigenvalue weighted by atomic mass is 32.2. The van der Waals surface area contributed by atoms with Gasteiger partial charge in [-0.3, -0.25) is 9.79 Å². The van der Waals surface area contributed by atoms with Crippen LogP contribution in [0, 0.1) is 0 Å². The summed E-state index contributed by atoms with van der Waals surface area (Å²) in [5.41, 5.74) is 1.82. The maximum absolute atomic E-state index is 11.4. The van der Waals surface area contributed by atoms with Crippen LogP contribution in [0.15, 0.2) is 23.2 Å². The lowest BCUT2D eigenvalue weighted by Crippen LogP contribution is -2.23. The third-order valence-corrected chi connectivity index (χ3v) is 3.80. The molecule has 1 aromatic carbocycles. The van der Waals surface area contributed by atoms with E-state index in [0.717, 1.165) is 22.8 Å². The van der Waals surface area contributed by atoms with Crippen molar-refractivity contribution in [1.82, 2.24) is 0 Å². The van der Waals surface area contributed by atoms with Crippen molar-refractivity contribution in [2.45, 2.75) is 13.0 Å². The topological polar surface area (TPSA) is 47.9 Å². The first-order chi connectivity index (χ1) is 8.65. The number of ether oxygens (including phenoxy) is 2. The fraction of sp³-hybridized carbons (Fsp3) is 0.385. The van der Waals surface area contributed by atoms with Crippen LogP contribution < -0.4 is 9.47 Å². The molecular formula is C13H15NO3S. The Hall–Kier alpha value is -1.49. The summed E-state index contributed by atoms with van der Waals surface area (Å²) in [6.07, 6.45) is 0. The van der Waals surface area contributed by atoms with E-state index in [9.17, 15) is 4.79 Å². The molecule has 0 aromatic heterocycles. The van der Waals surface area contributed by atoms with Crippen molar-refractivity contribution in [1.29, 1.82) is 0 Å². The minimum absolute atomic E-state index is 0.117. The van der Waals surface area contributed by atoms with E-state index in [2.05, 4.69) is 4.99 Å². The van der Waals surface area contributed by atoms with Crippen LogP contribution in [0.5, 0.6) is 11.5 Å². The zero-order valence-electron chi connectivity index (χ0n) is 10.6. The maximum Gasteiger partial charge on any atom is 0.213 e. The fourth-order valence-electron chi connectivity index (χ4n) is 1.77. The summed E-state index contributed by atoms with van der Waals surface area (Å²) in [5, 5.41) is 0.117. The number of hydrogen-bond acceptors (Lipinski definition) is 5. The highest BCUT2D eigenvalue weighted by Crippen LogP contribution is 2.28. The van der Waals surface area contributed by atoms with Gasteiger partial charge in [-0.1, -0.05) is 11.8 Å². The molecule has 0 saturated heterocycles. The second-order valence-corrected chi connectivity index (χ2v) is 4.91. The van der Waals surface area contributed by atoms with Gasteiger partial charge in [-0.05, 0) is 19.1 Å². The summed E-state index contributed by atoms with van der Waals surface area (Å²) >= 11 is 1.30. The van der Waals surface area contributed by atoms with E-state index in [1.165, 1.54) is 11.8 Å². The van der Waals surface area contributed by atoms with Gasteiger partial charge >= 0.3 is 0 Å². The average Bonchev–Trinajstić information content (AvgIpc) is 2.41. The van der Waals surface area contributed by atoms with E-state index < -0.39 is 0 Å². The van der Waals surface area contributed by atoms with Gasteiger partial charge in [0, 0.05) is 17.4 Å². The standard InChI is InChI=1S/C13H15NO3S/c1-8-13(15)18-7-11(14-8)10-5-4-9(16-2)6-12(10)17-3/h4-6,8H,7H2,1-3H3. The minimum Gasteiger partial charge on any atom is -0.497 e. The van der Waals surface area contributed by atoms with Crippen molar-refractivity contribution in [3.05, 3.63) is 23.8 Å². The van der Waals surface area contributed by atoms with Crippen molar-refractivity contribution < 1.29 is 14.3 Å². The first-order valence-electron chi connectivity index (χ1n) is 5.61. The molecular weight excluding hydrogens is 250 g/mol. The lowest BCUT2D eigenvalue weighted by molar-refractivity contribution is -0.111. The Morgan fingerprint density at radius 2 is 2.11 bits per heavy atom. The number of carbonyl (C=O) groups is 1. The molecule has 2 rings (SSSR count). The summed E-state index contributed by atoms with van der Waals surface area (Å²) in [6.45, 7) is 1.81. The lowest BCUT2D eigenvalue weighted by Gasteiger charge is -2.18. The minimum atomic E-state index is -0.287. The average molecular weight is 265 g/mol. The van der Waals surface area contributed by atoms with Crippen molar-refractivity contribution in [2.24, 2.45) is 4.99 Å². The number of methoxy groups -OCH3 is 2. The number of aliphatic imine (C=N–C) groups is 1. The van der Waals surface area contributed by atoms with Gasteiger partial charge < -0.3 is 9.47 Å². The SMILES string of the molecule is COc1ccc(C2=NC(C)C(=O)SC2)c(OC)c1.